The van der Waals surface area contributed by atoms with Crippen molar-refractivity contribution in [3.05, 3.63) is 29.8 Å². The molecule has 0 saturated heterocycles. The lowest BCUT2D eigenvalue weighted by molar-refractivity contribution is -0.117. The minimum Gasteiger partial charge on any atom is -0.497 e. The van der Waals surface area contributed by atoms with Gasteiger partial charge in [0.1, 0.15) is 5.75 Å². The molecular formula is C10H14ClNO2. The highest BCUT2D eigenvalue weighted by molar-refractivity contribution is 5.85. The Morgan fingerprint density at radius 3 is 2.79 bits per heavy atom. The third-order valence-corrected chi connectivity index (χ3v) is 1.79. The van der Waals surface area contributed by atoms with E-state index in [2.05, 4.69) is 0 Å². The zero-order valence-corrected chi connectivity index (χ0v) is 8.84. The summed E-state index contributed by atoms with van der Waals surface area (Å²) in [4.78, 5) is 10.5. The van der Waals surface area contributed by atoms with Gasteiger partial charge in [-0.3, -0.25) is 4.79 Å². The molecule has 2 N–H and O–H groups in total. The lowest BCUT2D eigenvalue weighted by Gasteiger charge is -2.02. The van der Waals surface area contributed by atoms with Crippen LogP contribution in [0.1, 0.15) is 12.0 Å². The maximum absolute atomic E-state index is 10.5. The van der Waals surface area contributed by atoms with Crippen LogP contribution in [0.5, 0.6) is 5.75 Å². The number of ether oxygens (including phenoxy) is 1. The van der Waals surface area contributed by atoms with E-state index in [4.69, 9.17) is 10.5 Å². The predicted octanol–water partition coefficient (Wildman–Crippen LogP) is 1.53. The number of carbonyl (C=O) groups excluding carboxylic acids is 1. The number of benzene rings is 1. The van der Waals surface area contributed by atoms with Crippen molar-refractivity contribution in [2.24, 2.45) is 5.73 Å². The summed E-state index contributed by atoms with van der Waals surface area (Å²) in [5.74, 6) is 0.532. The third-order valence-electron chi connectivity index (χ3n) is 1.79. The quantitative estimate of drug-likeness (QED) is 0.828. The van der Waals surface area contributed by atoms with Crippen molar-refractivity contribution >= 4 is 18.3 Å². The molecule has 78 valence electrons. The molecule has 0 bridgehead atoms. The fourth-order valence-corrected chi connectivity index (χ4v) is 1.10. The smallest absolute Gasteiger partial charge is 0.217 e. The molecular weight excluding hydrogens is 202 g/mol. The fourth-order valence-electron chi connectivity index (χ4n) is 1.10. The van der Waals surface area contributed by atoms with Crippen LogP contribution in [-0.4, -0.2) is 13.0 Å². The van der Waals surface area contributed by atoms with E-state index in [1.54, 1.807) is 7.11 Å². The summed E-state index contributed by atoms with van der Waals surface area (Å²) < 4.78 is 5.05. The summed E-state index contributed by atoms with van der Waals surface area (Å²) in [6, 6.07) is 7.62. The molecule has 0 spiro atoms. The minimum absolute atomic E-state index is 0. The maximum atomic E-state index is 10.5. The highest BCUT2D eigenvalue weighted by Gasteiger charge is 1.98. The number of aryl methyl sites for hydroxylation is 1. The zero-order chi connectivity index (χ0) is 9.68. The molecule has 0 aliphatic carbocycles. The number of methoxy groups -OCH3 is 1. The van der Waals surface area contributed by atoms with Gasteiger partial charge in [-0.2, -0.15) is 0 Å². The Balaban J connectivity index is 0.00000169. The molecule has 4 heteroatoms. The molecule has 0 unspecified atom stereocenters. The Morgan fingerprint density at radius 2 is 2.21 bits per heavy atom. The first-order valence-corrected chi connectivity index (χ1v) is 4.13. The van der Waals surface area contributed by atoms with E-state index in [1.807, 2.05) is 24.3 Å². The molecule has 0 aliphatic rings. The Labute approximate surface area is 89.7 Å². The second kappa shape index (κ2) is 6.27. The SMILES string of the molecule is COc1cccc(CCC(N)=O)c1.Cl. The molecule has 1 aromatic rings. The summed E-state index contributed by atoms with van der Waals surface area (Å²) >= 11 is 0. The summed E-state index contributed by atoms with van der Waals surface area (Å²) in [5, 5.41) is 0. The average molecular weight is 216 g/mol. The monoisotopic (exact) mass is 215 g/mol. The van der Waals surface area contributed by atoms with Crippen molar-refractivity contribution in [1.29, 1.82) is 0 Å². The largest absolute Gasteiger partial charge is 0.497 e. The second-order valence-electron chi connectivity index (χ2n) is 2.82. The fraction of sp³-hybridized carbons (Fsp3) is 0.300. The van der Waals surface area contributed by atoms with E-state index < -0.39 is 0 Å². The van der Waals surface area contributed by atoms with Gasteiger partial charge < -0.3 is 10.5 Å². The van der Waals surface area contributed by atoms with Crippen LogP contribution in [0.3, 0.4) is 0 Å². The number of primary amides is 1. The summed E-state index contributed by atoms with van der Waals surface area (Å²) in [7, 11) is 1.62. The number of hydrogen-bond donors (Lipinski definition) is 1. The summed E-state index contributed by atoms with van der Waals surface area (Å²) in [6.45, 7) is 0. The minimum atomic E-state index is -0.275. The van der Waals surface area contributed by atoms with Gasteiger partial charge in [-0.15, -0.1) is 12.4 Å². The van der Waals surface area contributed by atoms with Gasteiger partial charge in [0.25, 0.3) is 0 Å². The van der Waals surface area contributed by atoms with Crippen molar-refractivity contribution in [3.63, 3.8) is 0 Å². The van der Waals surface area contributed by atoms with Crippen molar-refractivity contribution in [1.82, 2.24) is 0 Å². The maximum Gasteiger partial charge on any atom is 0.217 e. The molecule has 1 amide bonds. The molecule has 0 heterocycles. The average Bonchev–Trinajstić information content (AvgIpc) is 2.15. The Bertz CT molecular complexity index is 302. The zero-order valence-electron chi connectivity index (χ0n) is 8.03. The normalized spacial score (nSPS) is 8.93. The van der Waals surface area contributed by atoms with E-state index in [0.29, 0.717) is 12.8 Å². The first-order chi connectivity index (χ1) is 6.22. The number of nitrogens with two attached hydrogens (primary N) is 1. The number of hydrogen-bond acceptors (Lipinski definition) is 2. The Kier molecular flexibility index (Phi) is 5.72. The summed E-state index contributed by atoms with van der Waals surface area (Å²) in [5.41, 5.74) is 6.11. The van der Waals surface area contributed by atoms with Gasteiger partial charge in [0.05, 0.1) is 7.11 Å². The standard InChI is InChI=1S/C10H13NO2.ClH/c1-13-9-4-2-3-8(7-9)5-6-10(11)12;/h2-4,7H,5-6H2,1H3,(H2,11,12);1H. The highest BCUT2D eigenvalue weighted by atomic mass is 35.5. The highest BCUT2D eigenvalue weighted by Crippen LogP contribution is 2.13. The van der Waals surface area contributed by atoms with Crippen LogP contribution in [0.25, 0.3) is 0 Å². The first-order valence-electron chi connectivity index (χ1n) is 4.13. The molecule has 0 radical (unpaired) electrons. The third kappa shape index (κ3) is 4.14. The van der Waals surface area contributed by atoms with E-state index in [0.717, 1.165) is 11.3 Å². The van der Waals surface area contributed by atoms with Gasteiger partial charge in [-0.1, -0.05) is 12.1 Å². The van der Waals surface area contributed by atoms with Gasteiger partial charge >= 0.3 is 0 Å². The molecule has 1 aromatic carbocycles. The van der Waals surface area contributed by atoms with E-state index >= 15 is 0 Å². The van der Waals surface area contributed by atoms with Gasteiger partial charge in [0, 0.05) is 6.42 Å². The number of amides is 1. The van der Waals surface area contributed by atoms with E-state index in [-0.39, 0.29) is 18.3 Å². The van der Waals surface area contributed by atoms with Crippen molar-refractivity contribution in [2.75, 3.05) is 7.11 Å². The molecule has 0 saturated carbocycles. The molecule has 0 fully saturated rings. The van der Waals surface area contributed by atoms with Crippen LogP contribution >= 0.6 is 12.4 Å². The topological polar surface area (TPSA) is 52.3 Å². The Morgan fingerprint density at radius 1 is 1.50 bits per heavy atom. The predicted molar refractivity (Wildman–Crippen MR) is 57.8 cm³/mol. The van der Waals surface area contributed by atoms with E-state index in [1.165, 1.54) is 0 Å². The number of halogens is 1. The van der Waals surface area contributed by atoms with Gasteiger partial charge in [0.2, 0.25) is 5.91 Å². The molecule has 1 rings (SSSR count). The molecule has 0 aromatic heterocycles. The van der Waals surface area contributed by atoms with Gasteiger partial charge in [0.15, 0.2) is 0 Å². The summed E-state index contributed by atoms with van der Waals surface area (Å²) in [6.07, 6.45) is 1.06. The van der Waals surface area contributed by atoms with Gasteiger partial charge in [-0.25, -0.2) is 0 Å². The molecule has 3 nitrogen and oxygen atoms in total. The van der Waals surface area contributed by atoms with Crippen LogP contribution in [-0.2, 0) is 11.2 Å². The van der Waals surface area contributed by atoms with Crippen molar-refractivity contribution in [2.45, 2.75) is 12.8 Å². The van der Waals surface area contributed by atoms with Crippen molar-refractivity contribution in [3.8, 4) is 5.75 Å². The van der Waals surface area contributed by atoms with Gasteiger partial charge in [-0.05, 0) is 24.1 Å². The van der Waals surface area contributed by atoms with Crippen LogP contribution < -0.4 is 10.5 Å². The number of carbonyl (C=O) groups is 1. The van der Waals surface area contributed by atoms with Crippen molar-refractivity contribution < 1.29 is 9.53 Å². The second-order valence-corrected chi connectivity index (χ2v) is 2.82. The lowest BCUT2D eigenvalue weighted by Crippen LogP contribution is -2.11. The van der Waals surface area contributed by atoms with Crippen LogP contribution in [0.4, 0.5) is 0 Å². The van der Waals surface area contributed by atoms with Crippen LogP contribution in [0, 0.1) is 0 Å². The molecule has 0 atom stereocenters. The van der Waals surface area contributed by atoms with Crippen LogP contribution in [0.2, 0.25) is 0 Å². The van der Waals surface area contributed by atoms with E-state index in [9.17, 15) is 4.79 Å². The molecule has 14 heavy (non-hydrogen) atoms. The number of rotatable bonds is 4. The lowest BCUT2D eigenvalue weighted by atomic mass is 10.1. The first kappa shape index (κ1) is 12.8. The van der Waals surface area contributed by atoms with Crippen LogP contribution in [0.15, 0.2) is 24.3 Å². The Hall–Kier alpha value is -1.22. The molecule has 0 aliphatic heterocycles.